The Bertz CT molecular complexity index is 657. The lowest BCUT2D eigenvalue weighted by Gasteiger charge is -1.93. The highest BCUT2D eigenvalue weighted by Crippen LogP contribution is 2.35. The van der Waals surface area contributed by atoms with E-state index in [4.69, 9.17) is 0 Å². The van der Waals surface area contributed by atoms with E-state index in [1.165, 1.54) is 23.7 Å². The summed E-state index contributed by atoms with van der Waals surface area (Å²) in [6.07, 6.45) is 0. The van der Waals surface area contributed by atoms with Crippen LogP contribution in [0.25, 0.3) is 20.2 Å². The summed E-state index contributed by atoms with van der Waals surface area (Å²) >= 11 is 7.72. The van der Waals surface area contributed by atoms with E-state index in [0.717, 1.165) is 4.47 Å². The van der Waals surface area contributed by atoms with Crippen molar-refractivity contribution in [3.05, 3.63) is 44.4 Å². The molecular formula is C12H6BrIS. The fourth-order valence-corrected chi connectivity index (χ4v) is 3.85. The third-order valence-electron chi connectivity index (χ3n) is 2.40. The smallest absolute Gasteiger partial charge is 0.0366 e. The Labute approximate surface area is 114 Å². The van der Waals surface area contributed by atoms with Gasteiger partial charge in [-0.05, 0) is 52.9 Å². The number of halogens is 2. The molecule has 3 aromatic rings. The molecule has 0 spiro atoms. The first kappa shape index (κ1) is 10.1. The number of rotatable bonds is 0. The Morgan fingerprint density at radius 2 is 1.80 bits per heavy atom. The van der Waals surface area contributed by atoms with Crippen molar-refractivity contribution < 1.29 is 0 Å². The second kappa shape index (κ2) is 3.71. The largest absolute Gasteiger partial charge is 0.135 e. The SMILES string of the molecule is Brc1ccc2c(c1)sc1ccc(I)cc12. The van der Waals surface area contributed by atoms with Crippen LogP contribution in [0.4, 0.5) is 0 Å². The van der Waals surface area contributed by atoms with Gasteiger partial charge in [0, 0.05) is 28.2 Å². The zero-order chi connectivity index (χ0) is 10.4. The molecule has 1 heterocycles. The number of hydrogen-bond donors (Lipinski definition) is 0. The van der Waals surface area contributed by atoms with Crippen LogP contribution in [-0.4, -0.2) is 0 Å². The van der Waals surface area contributed by atoms with E-state index in [1.54, 1.807) is 0 Å². The minimum Gasteiger partial charge on any atom is -0.135 e. The van der Waals surface area contributed by atoms with Gasteiger partial charge in [-0.3, -0.25) is 0 Å². The first-order chi connectivity index (χ1) is 7.24. The highest BCUT2D eigenvalue weighted by atomic mass is 127. The van der Waals surface area contributed by atoms with Crippen LogP contribution in [0.15, 0.2) is 40.9 Å². The lowest BCUT2D eigenvalue weighted by molar-refractivity contribution is 1.75. The van der Waals surface area contributed by atoms with E-state index in [2.05, 4.69) is 74.9 Å². The third-order valence-corrected chi connectivity index (χ3v) is 4.69. The van der Waals surface area contributed by atoms with Crippen LogP contribution < -0.4 is 0 Å². The van der Waals surface area contributed by atoms with Gasteiger partial charge in [0.15, 0.2) is 0 Å². The van der Waals surface area contributed by atoms with E-state index in [-0.39, 0.29) is 0 Å². The van der Waals surface area contributed by atoms with Crippen LogP contribution >= 0.6 is 49.9 Å². The Balaban J connectivity index is 2.53. The van der Waals surface area contributed by atoms with Crippen LogP contribution in [0.1, 0.15) is 0 Å². The third kappa shape index (κ3) is 1.70. The van der Waals surface area contributed by atoms with Crippen molar-refractivity contribution in [3.63, 3.8) is 0 Å². The summed E-state index contributed by atoms with van der Waals surface area (Å²) in [5, 5.41) is 2.73. The molecule has 15 heavy (non-hydrogen) atoms. The van der Waals surface area contributed by atoms with Crippen molar-refractivity contribution in [2.75, 3.05) is 0 Å². The summed E-state index contributed by atoms with van der Waals surface area (Å²) in [6.45, 7) is 0. The molecule has 0 unspecified atom stereocenters. The molecule has 0 bridgehead atoms. The molecule has 1 aromatic heterocycles. The molecule has 2 aromatic carbocycles. The quantitative estimate of drug-likeness (QED) is 0.451. The number of thiophene rings is 1. The monoisotopic (exact) mass is 388 g/mol. The van der Waals surface area contributed by atoms with Crippen LogP contribution in [0.5, 0.6) is 0 Å². The molecule has 0 aliphatic carbocycles. The van der Waals surface area contributed by atoms with Crippen molar-refractivity contribution in [1.29, 1.82) is 0 Å². The topological polar surface area (TPSA) is 0 Å². The van der Waals surface area contributed by atoms with Gasteiger partial charge in [0.1, 0.15) is 0 Å². The average molecular weight is 389 g/mol. The fourth-order valence-electron chi connectivity index (χ4n) is 1.72. The van der Waals surface area contributed by atoms with Gasteiger partial charge >= 0.3 is 0 Å². The summed E-state index contributed by atoms with van der Waals surface area (Å²) in [5.74, 6) is 0. The van der Waals surface area contributed by atoms with E-state index in [1.807, 2.05) is 11.3 Å². The predicted molar refractivity (Wildman–Crippen MR) is 79.7 cm³/mol. The average Bonchev–Trinajstić information content (AvgIpc) is 2.54. The minimum absolute atomic E-state index is 1.15. The minimum atomic E-state index is 1.15. The first-order valence-corrected chi connectivity index (χ1v) is 7.20. The number of fused-ring (bicyclic) bond motifs is 3. The van der Waals surface area contributed by atoms with Crippen molar-refractivity contribution in [2.24, 2.45) is 0 Å². The maximum atomic E-state index is 3.51. The number of benzene rings is 2. The standard InChI is InChI=1S/C12H6BrIS/c13-7-1-3-9-10-6-8(14)2-4-11(10)15-12(9)5-7/h1-6H. The Hall–Kier alpha value is -0.130. The molecule has 0 N–H and O–H groups in total. The van der Waals surface area contributed by atoms with E-state index in [9.17, 15) is 0 Å². The molecule has 0 nitrogen and oxygen atoms in total. The molecule has 3 heteroatoms. The Kier molecular flexibility index (Phi) is 2.49. The lowest BCUT2D eigenvalue weighted by atomic mass is 10.2. The highest BCUT2D eigenvalue weighted by molar-refractivity contribution is 14.1. The van der Waals surface area contributed by atoms with Crippen LogP contribution in [0.2, 0.25) is 0 Å². The molecule has 0 radical (unpaired) electrons. The maximum Gasteiger partial charge on any atom is 0.0366 e. The first-order valence-electron chi connectivity index (χ1n) is 4.51. The second-order valence-corrected chi connectivity index (χ2v) is 6.63. The van der Waals surface area contributed by atoms with Gasteiger partial charge in [-0.15, -0.1) is 11.3 Å². The van der Waals surface area contributed by atoms with E-state index < -0.39 is 0 Å². The number of hydrogen-bond acceptors (Lipinski definition) is 1. The highest BCUT2D eigenvalue weighted by Gasteiger charge is 2.05. The molecule has 0 fully saturated rings. The second-order valence-electron chi connectivity index (χ2n) is 3.38. The molecule has 3 rings (SSSR count). The van der Waals surface area contributed by atoms with Crippen LogP contribution in [-0.2, 0) is 0 Å². The summed E-state index contributed by atoms with van der Waals surface area (Å²) < 4.78 is 5.16. The fraction of sp³-hybridized carbons (Fsp3) is 0. The van der Waals surface area contributed by atoms with Crippen LogP contribution in [0, 0.1) is 3.57 Å². The summed E-state index contributed by atoms with van der Waals surface area (Å²) in [7, 11) is 0. The zero-order valence-corrected chi connectivity index (χ0v) is 12.2. The molecule has 0 amide bonds. The molecule has 0 aliphatic rings. The predicted octanol–water partition coefficient (Wildman–Crippen LogP) is 5.42. The van der Waals surface area contributed by atoms with E-state index >= 15 is 0 Å². The van der Waals surface area contributed by atoms with Gasteiger partial charge in [0.2, 0.25) is 0 Å². The maximum absolute atomic E-state index is 3.51. The molecule has 0 saturated heterocycles. The van der Waals surface area contributed by atoms with Crippen molar-refractivity contribution in [1.82, 2.24) is 0 Å². The van der Waals surface area contributed by atoms with Gasteiger partial charge in [-0.2, -0.15) is 0 Å². The molecule has 0 aliphatic heterocycles. The Morgan fingerprint density at radius 1 is 0.933 bits per heavy atom. The molecule has 74 valence electrons. The summed E-state index contributed by atoms with van der Waals surface area (Å²) in [5.41, 5.74) is 0. The van der Waals surface area contributed by atoms with E-state index in [0.29, 0.717) is 0 Å². The molecular weight excluding hydrogens is 383 g/mol. The van der Waals surface area contributed by atoms with Gasteiger partial charge in [0.05, 0.1) is 0 Å². The normalized spacial score (nSPS) is 11.3. The summed E-state index contributed by atoms with van der Waals surface area (Å²) in [6, 6.07) is 13.1. The van der Waals surface area contributed by atoms with Crippen molar-refractivity contribution in [3.8, 4) is 0 Å². The van der Waals surface area contributed by atoms with Crippen molar-refractivity contribution >= 4 is 70.0 Å². The van der Waals surface area contributed by atoms with Gasteiger partial charge < -0.3 is 0 Å². The van der Waals surface area contributed by atoms with Crippen LogP contribution in [0.3, 0.4) is 0 Å². The van der Waals surface area contributed by atoms with Crippen molar-refractivity contribution in [2.45, 2.75) is 0 Å². The van der Waals surface area contributed by atoms with Gasteiger partial charge in [0.25, 0.3) is 0 Å². The van der Waals surface area contributed by atoms with Gasteiger partial charge in [-0.1, -0.05) is 22.0 Å². The Morgan fingerprint density at radius 3 is 2.67 bits per heavy atom. The lowest BCUT2D eigenvalue weighted by Crippen LogP contribution is -1.69. The van der Waals surface area contributed by atoms with Gasteiger partial charge in [-0.25, -0.2) is 0 Å². The zero-order valence-electron chi connectivity index (χ0n) is 7.63. The molecule has 0 saturated carbocycles. The molecule has 0 atom stereocenters. The summed E-state index contributed by atoms with van der Waals surface area (Å²) in [4.78, 5) is 0.